The molecule has 0 atom stereocenters. The lowest BCUT2D eigenvalue weighted by Crippen LogP contribution is -2.50. The van der Waals surface area contributed by atoms with Crippen LogP contribution in [0, 0.1) is 24.0 Å². The van der Waals surface area contributed by atoms with E-state index in [2.05, 4.69) is 10.5 Å². The summed E-state index contributed by atoms with van der Waals surface area (Å²) >= 11 is 0. The Hall–Kier alpha value is -4.93. The third kappa shape index (κ3) is 7.30. The van der Waals surface area contributed by atoms with Crippen molar-refractivity contribution in [2.45, 2.75) is 31.8 Å². The van der Waals surface area contributed by atoms with Crippen LogP contribution in [0.1, 0.15) is 22.4 Å². The number of hydrogen-bond acceptors (Lipinski definition) is 10. The van der Waals surface area contributed by atoms with E-state index in [1.54, 1.807) is 13.1 Å². The smallest absolute Gasteiger partial charge is 0.289 e. The number of nitrogens with one attached hydrogen (secondary N) is 1. The van der Waals surface area contributed by atoms with Crippen LogP contribution in [0.5, 0.6) is 0 Å². The second kappa shape index (κ2) is 14.5. The Morgan fingerprint density at radius 1 is 1.02 bits per heavy atom. The van der Waals surface area contributed by atoms with E-state index >= 15 is 0 Å². The summed E-state index contributed by atoms with van der Waals surface area (Å²) in [5, 5.41) is 22.7. The number of nitro benzene ring substituents is 1. The van der Waals surface area contributed by atoms with Crippen LogP contribution in [0.2, 0.25) is 0 Å². The third-order valence-electron chi connectivity index (χ3n) is 8.35. The molecule has 1 aromatic heterocycles. The van der Waals surface area contributed by atoms with Crippen molar-refractivity contribution in [2.75, 3.05) is 51.8 Å². The fourth-order valence-corrected chi connectivity index (χ4v) is 7.14. The third-order valence-corrected chi connectivity index (χ3v) is 10.3. The Morgan fingerprint density at radius 2 is 1.69 bits per heavy atom. The zero-order valence-corrected chi connectivity index (χ0v) is 27.6. The van der Waals surface area contributed by atoms with Crippen molar-refractivity contribution in [1.29, 1.82) is 0 Å². The fourth-order valence-electron chi connectivity index (χ4n) is 5.57. The van der Waals surface area contributed by atoms with Gasteiger partial charge in [0.2, 0.25) is 15.9 Å². The topological polar surface area (TPSA) is 162 Å². The number of nitro groups is 1. The standard InChI is InChI=1S/C32H36FN7O7S/c1-22-16-26-23(2)35-47-29(26)17-27(22)34-18-31(41)37(21-32(42)36(3)38-19-24-8-4-5-9-25(24)20-38)14-15-39(13-12-33)48(45,46)30-11-7-6-10-28(30)40(43)44/h4-11,16-17,34H,12-15,18-21H2,1-3H3. The molecule has 1 aliphatic rings. The predicted octanol–water partition coefficient (Wildman–Crippen LogP) is 3.64. The van der Waals surface area contributed by atoms with Crippen LogP contribution in [0.25, 0.3) is 11.0 Å². The highest BCUT2D eigenvalue weighted by Gasteiger charge is 2.33. The number of nitrogens with zero attached hydrogens (tertiary/aromatic N) is 6. The van der Waals surface area contributed by atoms with Crippen molar-refractivity contribution in [2.24, 2.45) is 0 Å². The minimum absolute atomic E-state index is 0.258. The maximum absolute atomic E-state index is 13.7. The van der Waals surface area contributed by atoms with E-state index in [1.165, 1.54) is 22.0 Å². The molecule has 0 bridgehead atoms. The number of hydrazine groups is 1. The molecule has 3 aromatic carbocycles. The molecule has 5 rings (SSSR count). The van der Waals surface area contributed by atoms with Gasteiger partial charge in [-0.3, -0.25) is 24.7 Å². The molecule has 0 saturated carbocycles. The molecule has 16 heteroatoms. The average molecular weight is 682 g/mol. The number of carbonyl (C=O) groups is 2. The maximum atomic E-state index is 13.7. The number of carbonyl (C=O) groups excluding carboxylic acids is 2. The minimum Gasteiger partial charge on any atom is -0.376 e. The fraction of sp³-hybridized carbons (Fsp3) is 0.344. The quantitative estimate of drug-likeness (QED) is 0.154. The SMILES string of the molecule is Cc1cc2c(C)noc2cc1NCC(=O)N(CCN(CCF)S(=O)(=O)c1ccccc1[N+](=O)[O-])CC(=O)N(C)N1Cc2ccccc2C1. The van der Waals surface area contributed by atoms with Gasteiger partial charge in [-0.1, -0.05) is 41.6 Å². The van der Waals surface area contributed by atoms with E-state index in [1.807, 2.05) is 49.2 Å². The van der Waals surface area contributed by atoms with Gasteiger partial charge in [-0.15, -0.1) is 0 Å². The minimum atomic E-state index is -4.55. The van der Waals surface area contributed by atoms with E-state index in [-0.39, 0.29) is 13.1 Å². The number of halogens is 1. The first-order valence-corrected chi connectivity index (χ1v) is 16.6. The number of para-hydroxylation sites is 1. The van der Waals surface area contributed by atoms with Crippen LogP contribution < -0.4 is 5.32 Å². The summed E-state index contributed by atoms with van der Waals surface area (Å²) in [6, 6.07) is 16.2. The van der Waals surface area contributed by atoms with Gasteiger partial charge in [0, 0.05) is 63.0 Å². The van der Waals surface area contributed by atoms with E-state index in [9.17, 15) is 32.5 Å². The molecule has 48 heavy (non-hydrogen) atoms. The van der Waals surface area contributed by atoms with Gasteiger partial charge in [0.05, 0.1) is 17.2 Å². The Morgan fingerprint density at radius 3 is 2.35 bits per heavy atom. The monoisotopic (exact) mass is 681 g/mol. The highest BCUT2D eigenvalue weighted by molar-refractivity contribution is 7.89. The predicted molar refractivity (Wildman–Crippen MR) is 175 cm³/mol. The number of likely N-dealkylation sites (N-methyl/N-ethyl adjacent to an activating group) is 1. The van der Waals surface area contributed by atoms with Gasteiger partial charge in [-0.25, -0.2) is 17.8 Å². The number of anilines is 1. The van der Waals surface area contributed by atoms with Crippen LogP contribution in [-0.2, 0) is 32.7 Å². The molecule has 4 aromatic rings. The molecule has 14 nitrogen and oxygen atoms in total. The van der Waals surface area contributed by atoms with Crippen molar-refractivity contribution in [3.05, 3.63) is 93.2 Å². The summed E-state index contributed by atoms with van der Waals surface area (Å²) in [6.07, 6.45) is 0. The van der Waals surface area contributed by atoms with Crippen molar-refractivity contribution in [3.8, 4) is 0 Å². The zero-order valence-electron chi connectivity index (χ0n) is 26.8. The lowest BCUT2D eigenvalue weighted by molar-refractivity contribution is -0.387. The van der Waals surface area contributed by atoms with Crippen molar-refractivity contribution < 1.29 is 31.8 Å². The van der Waals surface area contributed by atoms with Gasteiger partial charge in [0.25, 0.3) is 11.6 Å². The summed E-state index contributed by atoms with van der Waals surface area (Å²) < 4.78 is 46.9. The summed E-state index contributed by atoms with van der Waals surface area (Å²) in [6.45, 7) is 1.61. The number of hydrogen-bond donors (Lipinski definition) is 1. The molecule has 0 spiro atoms. The normalized spacial score (nSPS) is 13.1. The van der Waals surface area contributed by atoms with Crippen molar-refractivity contribution in [3.63, 3.8) is 0 Å². The highest BCUT2D eigenvalue weighted by atomic mass is 32.2. The summed E-state index contributed by atoms with van der Waals surface area (Å²) in [5.74, 6) is -0.956. The first-order valence-electron chi connectivity index (χ1n) is 15.2. The lowest BCUT2D eigenvalue weighted by Gasteiger charge is -2.31. The molecule has 0 saturated heterocycles. The number of fused-ring (bicyclic) bond motifs is 2. The van der Waals surface area contributed by atoms with E-state index < -0.39 is 63.7 Å². The molecular formula is C32H36FN7O7S. The van der Waals surface area contributed by atoms with Crippen LogP contribution in [-0.4, -0.2) is 96.0 Å². The van der Waals surface area contributed by atoms with E-state index in [0.29, 0.717) is 24.4 Å². The van der Waals surface area contributed by atoms with Crippen molar-refractivity contribution >= 4 is 44.2 Å². The van der Waals surface area contributed by atoms with E-state index in [4.69, 9.17) is 4.52 Å². The van der Waals surface area contributed by atoms with Gasteiger partial charge in [0.15, 0.2) is 10.5 Å². The van der Waals surface area contributed by atoms with Gasteiger partial charge in [0.1, 0.15) is 13.2 Å². The summed E-state index contributed by atoms with van der Waals surface area (Å²) in [7, 11) is -2.95. The second-order valence-corrected chi connectivity index (χ2v) is 13.3. The van der Waals surface area contributed by atoms with Gasteiger partial charge in [-0.2, -0.15) is 4.31 Å². The number of aromatic nitrogens is 1. The molecule has 0 radical (unpaired) electrons. The molecule has 0 aliphatic carbocycles. The molecular weight excluding hydrogens is 645 g/mol. The Labute approximate surface area is 276 Å². The van der Waals surface area contributed by atoms with Crippen molar-refractivity contribution in [1.82, 2.24) is 24.4 Å². The first-order chi connectivity index (χ1) is 22.9. The molecule has 1 aliphatic heterocycles. The number of sulfonamides is 1. The summed E-state index contributed by atoms with van der Waals surface area (Å²) in [5.41, 5.74) is 4.16. The second-order valence-electron chi connectivity index (χ2n) is 11.4. The lowest BCUT2D eigenvalue weighted by atomic mass is 10.1. The number of aryl methyl sites for hydroxylation is 2. The molecule has 0 fully saturated rings. The number of alkyl halides is 1. The van der Waals surface area contributed by atoms with Gasteiger partial charge >= 0.3 is 0 Å². The zero-order chi connectivity index (χ0) is 34.6. The van der Waals surface area contributed by atoms with E-state index in [0.717, 1.165) is 44.2 Å². The Bertz CT molecular complexity index is 1930. The molecule has 1 N–H and O–H groups in total. The highest BCUT2D eigenvalue weighted by Crippen LogP contribution is 2.28. The summed E-state index contributed by atoms with van der Waals surface area (Å²) in [4.78, 5) is 38.6. The number of benzene rings is 3. The maximum Gasteiger partial charge on any atom is 0.289 e. The van der Waals surface area contributed by atoms with Crippen LogP contribution in [0.3, 0.4) is 0 Å². The first kappa shape index (κ1) is 34.4. The van der Waals surface area contributed by atoms with Gasteiger partial charge < -0.3 is 14.7 Å². The molecule has 0 unspecified atom stereocenters. The number of rotatable bonds is 14. The molecule has 254 valence electrons. The molecule has 2 amide bonds. The largest absolute Gasteiger partial charge is 0.376 e. The van der Waals surface area contributed by atoms with Crippen LogP contribution >= 0.6 is 0 Å². The van der Waals surface area contributed by atoms with Crippen LogP contribution in [0.15, 0.2) is 70.1 Å². The molecule has 2 heterocycles. The average Bonchev–Trinajstić information content (AvgIpc) is 3.67. The van der Waals surface area contributed by atoms with Gasteiger partial charge in [-0.05, 0) is 42.7 Å². The Balaban J connectivity index is 1.36. The van der Waals surface area contributed by atoms with Crippen LogP contribution in [0.4, 0.5) is 15.8 Å². The number of amides is 2. The Kier molecular flexibility index (Phi) is 10.4.